The quantitative estimate of drug-likeness (QED) is 0.432. The van der Waals surface area contributed by atoms with Gasteiger partial charge in [0.05, 0.1) is 6.61 Å². The van der Waals surface area contributed by atoms with Gasteiger partial charge in [-0.05, 0) is 19.4 Å². The smallest absolute Gasteiger partial charge is 0.221 e. The van der Waals surface area contributed by atoms with Crippen molar-refractivity contribution >= 4 is 5.91 Å². The monoisotopic (exact) mass is 218 g/mol. The lowest BCUT2D eigenvalue weighted by molar-refractivity contribution is -0.121. The lowest BCUT2D eigenvalue weighted by atomic mass is 10.3. The van der Waals surface area contributed by atoms with Crippen LogP contribution < -0.4 is 10.6 Å². The summed E-state index contributed by atoms with van der Waals surface area (Å²) in [6.45, 7) is 2.89. The van der Waals surface area contributed by atoms with Gasteiger partial charge in [0, 0.05) is 33.2 Å². The number of unbranched alkanes of at least 4 members (excludes halogenated alkanes) is 1. The van der Waals surface area contributed by atoms with Crippen molar-refractivity contribution in [1.29, 1.82) is 0 Å². The predicted molar refractivity (Wildman–Crippen MR) is 58.7 cm³/mol. The fraction of sp³-hybridized carbons (Fsp3) is 0.900. The molecule has 1 amide bonds. The zero-order valence-corrected chi connectivity index (χ0v) is 9.42. The number of nitrogens with one attached hydrogen (secondary N) is 2. The molecule has 0 heterocycles. The van der Waals surface area contributed by atoms with Gasteiger partial charge in [-0.2, -0.15) is 0 Å². The molecule has 0 atom stereocenters. The van der Waals surface area contributed by atoms with E-state index in [0.29, 0.717) is 26.1 Å². The van der Waals surface area contributed by atoms with E-state index in [-0.39, 0.29) is 12.5 Å². The van der Waals surface area contributed by atoms with Crippen LogP contribution in [0.4, 0.5) is 0 Å². The Hall–Kier alpha value is -0.650. The Morgan fingerprint density at radius 1 is 1.27 bits per heavy atom. The summed E-state index contributed by atoms with van der Waals surface area (Å²) in [4.78, 5) is 11.2. The lowest BCUT2D eigenvalue weighted by Gasteiger charge is -2.05. The molecule has 0 saturated carbocycles. The Kier molecular flexibility index (Phi) is 10.9. The number of amides is 1. The lowest BCUT2D eigenvalue weighted by Crippen LogP contribution is -2.30. The Morgan fingerprint density at radius 2 is 2.07 bits per heavy atom. The molecule has 0 bridgehead atoms. The van der Waals surface area contributed by atoms with Crippen LogP contribution in [-0.4, -0.2) is 51.0 Å². The molecule has 0 aromatic heterocycles. The minimum absolute atomic E-state index is 0.0432. The molecule has 5 heteroatoms. The van der Waals surface area contributed by atoms with Crippen LogP contribution >= 0.6 is 0 Å². The highest BCUT2D eigenvalue weighted by molar-refractivity contribution is 5.75. The summed E-state index contributed by atoms with van der Waals surface area (Å²) in [5.74, 6) is 0.0432. The summed E-state index contributed by atoms with van der Waals surface area (Å²) in [5.41, 5.74) is 0. The van der Waals surface area contributed by atoms with Crippen molar-refractivity contribution in [2.45, 2.75) is 19.3 Å². The summed E-state index contributed by atoms with van der Waals surface area (Å²) >= 11 is 0. The van der Waals surface area contributed by atoms with Gasteiger partial charge in [0.25, 0.3) is 0 Å². The molecule has 0 unspecified atom stereocenters. The van der Waals surface area contributed by atoms with Gasteiger partial charge in [0.15, 0.2) is 0 Å². The van der Waals surface area contributed by atoms with Crippen molar-refractivity contribution in [3.63, 3.8) is 0 Å². The molecule has 0 aromatic carbocycles. The van der Waals surface area contributed by atoms with Crippen LogP contribution in [0.5, 0.6) is 0 Å². The average molecular weight is 218 g/mol. The molecule has 0 fully saturated rings. The third kappa shape index (κ3) is 11.3. The fourth-order valence-corrected chi connectivity index (χ4v) is 1.07. The number of rotatable bonds is 10. The third-order valence-electron chi connectivity index (χ3n) is 1.92. The first-order valence-electron chi connectivity index (χ1n) is 5.38. The first-order valence-corrected chi connectivity index (χ1v) is 5.38. The molecule has 90 valence electrons. The molecule has 0 aliphatic rings. The maximum absolute atomic E-state index is 11.2. The third-order valence-corrected chi connectivity index (χ3v) is 1.92. The second-order valence-electron chi connectivity index (χ2n) is 3.27. The van der Waals surface area contributed by atoms with Crippen molar-refractivity contribution in [2.24, 2.45) is 0 Å². The van der Waals surface area contributed by atoms with E-state index in [4.69, 9.17) is 9.84 Å². The first-order chi connectivity index (χ1) is 7.31. The maximum atomic E-state index is 11.2. The van der Waals surface area contributed by atoms with Crippen LogP contribution in [0.1, 0.15) is 19.3 Å². The number of methoxy groups -OCH3 is 1. The molecule has 0 aliphatic heterocycles. The number of carbonyl (C=O) groups is 1. The molecule has 0 aliphatic carbocycles. The molecule has 0 aromatic rings. The second-order valence-corrected chi connectivity index (χ2v) is 3.27. The van der Waals surface area contributed by atoms with E-state index in [9.17, 15) is 4.79 Å². The van der Waals surface area contributed by atoms with Gasteiger partial charge in [-0.25, -0.2) is 0 Å². The predicted octanol–water partition coefficient (Wildman–Crippen LogP) is -0.499. The standard InChI is InChI=1S/C10H22N2O3/c1-15-9-7-12-10(14)4-6-11-5-2-3-8-13/h11,13H,2-9H2,1H3,(H,12,14). The van der Waals surface area contributed by atoms with Gasteiger partial charge in [0.1, 0.15) is 0 Å². The minimum atomic E-state index is 0.0432. The van der Waals surface area contributed by atoms with E-state index < -0.39 is 0 Å². The fourth-order valence-electron chi connectivity index (χ4n) is 1.07. The summed E-state index contributed by atoms with van der Waals surface area (Å²) < 4.78 is 4.81. The highest BCUT2D eigenvalue weighted by Gasteiger charge is 1.98. The van der Waals surface area contributed by atoms with Crippen LogP contribution in [0.3, 0.4) is 0 Å². The highest BCUT2D eigenvalue weighted by Crippen LogP contribution is 1.84. The van der Waals surface area contributed by atoms with Crippen molar-refractivity contribution in [1.82, 2.24) is 10.6 Å². The zero-order valence-electron chi connectivity index (χ0n) is 9.42. The summed E-state index contributed by atoms with van der Waals surface area (Å²) in [6, 6.07) is 0. The van der Waals surface area contributed by atoms with E-state index >= 15 is 0 Å². The van der Waals surface area contributed by atoms with Gasteiger partial charge in [-0.15, -0.1) is 0 Å². The Balaban J connectivity index is 3.10. The van der Waals surface area contributed by atoms with Crippen LogP contribution in [0, 0.1) is 0 Å². The van der Waals surface area contributed by atoms with Gasteiger partial charge in [-0.1, -0.05) is 0 Å². The van der Waals surface area contributed by atoms with Crippen molar-refractivity contribution < 1.29 is 14.6 Å². The number of aliphatic hydroxyl groups is 1. The molecule has 0 rings (SSSR count). The molecule has 0 spiro atoms. The maximum Gasteiger partial charge on any atom is 0.221 e. The van der Waals surface area contributed by atoms with E-state index in [2.05, 4.69) is 10.6 Å². The normalized spacial score (nSPS) is 10.3. The van der Waals surface area contributed by atoms with Gasteiger partial charge >= 0.3 is 0 Å². The Morgan fingerprint density at radius 3 is 2.73 bits per heavy atom. The molecular weight excluding hydrogens is 196 g/mol. The van der Waals surface area contributed by atoms with Crippen molar-refractivity contribution in [2.75, 3.05) is 40.0 Å². The molecule has 3 N–H and O–H groups in total. The number of carbonyl (C=O) groups excluding carboxylic acids is 1. The second kappa shape index (κ2) is 11.4. The van der Waals surface area contributed by atoms with Crippen LogP contribution in [0.25, 0.3) is 0 Å². The van der Waals surface area contributed by atoms with Crippen molar-refractivity contribution in [3.05, 3.63) is 0 Å². The van der Waals surface area contributed by atoms with Crippen LogP contribution in [-0.2, 0) is 9.53 Å². The summed E-state index contributed by atoms with van der Waals surface area (Å²) in [7, 11) is 1.61. The van der Waals surface area contributed by atoms with Crippen LogP contribution in [0.2, 0.25) is 0 Å². The summed E-state index contributed by atoms with van der Waals surface area (Å²) in [6.07, 6.45) is 2.25. The molecule has 5 nitrogen and oxygen atoms in total. The van der Waals surface area contributed by atoms with Crippen LogP contribution in [0.15, 0.2) is 0 Å². The molecule has 15 heavy (non-hydrogen) atoms. The van der Waals surface area contributed by atoms with Gasteiger partial charge < -0.3 is 20.5 Å². The average Bonchev–Trinajstić information content (AvgIpc) is 2.23. The minimum Gasteiger partial charge on any atom is -0.396 e. The molecule has 0 radical (unpaired) electrons. The SMILES string of the molecule is COCCNC(=O)CCNCCCCO. The highest BCUT2D eigenvalue weighted by atomic mass is 16.5. The Labute approximate surface area is 91.2 Å². The van der Waals surface area contributed by atoms with E-state index in [0.717, 1.165) is 19.4 Å². The van der Waals surface area contributed by atoms with E-state index in [1.807, 2.05) is 0 Å². The number of hydrogen-bond donors (Lipinski definition) is 3. The topological polar surface area (TPSA) is 70.6 Å². The zero-order chi connectivity index (χ0) is 11.4. The van der Waals surface area contributed by atoms with Crippen molar-refractivity contribution in [3.8, 4) is 0 Å². The van der Waals surface area contributed by atoms with E-state index in [1.54, 1.807) is 7.11 Å². The molecular formula is C10H22N2O3. The van der Waals surface area contributed by atoms with Gasteiger partial charge in [-0.3, -0.25) is 4.79 Å². The Bertz CT molecular complexity index is 154. The van der Waals surface area contributed by atoms with Gasteiger partial charge in [0.2, 0.25) is 5.91 Å². The number of ether oxygens (including phenoxy) is 1. The molecule has 0 saturated heterocycles. The number of hydrogen-bond acceptors (Lipinski definition) is 4. The first kappa shape index (κ1) is 14.3. The van der Waals surface area contributed by atoms with E-state index in [1.165, 1.54) is 0 Å². The number of aliphatic hydroxyl groups excluding tert-OH is 1. The summed E-state index contributed by atoms with van der Waals surface area (Å²) in [5, 5.41) is 14.4. The largest absolute Gasteiger partial charge is 0.396 e.